The minimum atomic E-state index is -0.494. The van der Waals surface area contributed by atoms with Crippen molar-refractivity contribution in [2.24, 2.45) is 5.10 Å². The molecule has 4 rings (SSSR count). The maximum atomic E-state index is 12.7. The highest BCUT2D eigenvalue weighted by molar-refractivity contribution is 6.36. The second kappa shape index (κ2) is 9.86. The van der Waals surface area contributed by atoms with Crippen molar-refractivity contribution in [1.82, 2.24) is 5.43 Å². The van der Waals surface area contributed by atoms with Gasteiger partial charge in [-0.1, -0.05) is 71.2 Å². The van der Waals surface area contributed by atoms with Gasteiger partial charge in [0.05, 0.1) is 22.4 Å². The standard InChI is InChI=1S/C26H18Cl2N2O3/c1-16-5-4-7-18(13-16)26(32)33-24-12-9-17-6-2-3-8-20(17)22(24)15-29-30-25(31)21-11-10-19(27)14-23(21)28/h2-15H,1H3,(H,30,31)/b29-15+. The highest BCUT2D eigenvalue weighted by Gasteiger charge is 2.14. The van der Waals surface area contributed by atoms with Gasteiger partial charge in [0.15, 0.2) is 0 Å². The first kappa shape index (κ1) is 22.5. The largest absolute Gasteiger partial charge is 0.422 e. The van der Waals surface area contributed by atoms with Gasteiger partial charge in [0.1, 0.15) is 5.75 Å². The number of hydrogen-bond acceptors (Lipinski definition) is 4. The van der Waals surface area contributed by atoms with Crippen LogP contribution in [-0.2, 0) is 0 Å². The molecule has 0 aliphatic carbocycles. The predicted molar refractivity (Wildman–Crippen MR) is 132 cm³/mol. The number of hydrazone groups is 1. The van der Waals surface area contributed by atoms with Gasteiger partial charge >= 0.3 is 5.97 Å². The van der Waals surface area contributed by atoms with Gasteiger partial charge in [0.2, 0.25) is 0 Å². The lowest BCUT2D eigenvalue weighted by Crippen LogP contribution is -2.18. The molecule has 0 aliphatic rings. The van der Waals surface area contributed by atoms with Gasteiger partial charge < -0.3 is 4.74 Å². The SMILES string of the molecule is Cc1cccc(C(=O)Oc2ccc3ccccc3c2/C=N/NC(=O)c2ccc(Cl)cc2Cl)c1. The fourth-order valence-corrected chi connectivity index (χ4v) is 3.81. The molecular formula is C26H18Cl2N2O3. The third-order valence-electron chi connectivity index (χ3n) is 4.92. The first-order chi connectivity index (χ1) is 15.9. The Morgan fingerprint density at radius 3 is 2.55 bits per heavy atom. The fourth-order valence-electron chi connectivity index (χ4n) is 3.32. The summed E-state index contributed by atoms with van der Waals surface area (Å²) >= 11 is 12.0. The summed E-state index contributed by atoms with van der Waals surface area (Å²) in [6.07, 6.45) is 1.45. The fraction of sp³-hybridized carbons (Fsp3) is 0.0385. The number of rotatable bonds is 5. The van der Waals surface area contributed by atoms with Crippen molar-refractivity contribution in [3.63, 3.8) is 0 Å². The van der Waals surface area contributed by atoms with E-state index in [1.807, 2.05) is 43.3 Å². The molecule has 5 nitrogen and oxygen atoms in total. The molecule has 0 heterocycles. The molecule has 0 saturated heterocycles. The quantitative estimate of drug-likeness (QED) is 0.156. The second-order valence-corrected chi connectivity index (χ2v) is 8.12. The van der Waals surface area contributed by atoms with Crippen LogP contribution in [0.3, 0.4) is 0 Å². The number of nitrogens with zero attached hydrogens (tertiary/aromatic N) is 1. The smallest absolute Gasteiger partial charge is 0.343 e. The average molecular weight is 477 g/mol. The van der Waals surface area contributed by atoms with Crippen LogP contribution < -0.4 is 10.2 Å². The molecule has 0 aliphatic heterocycles. The second-order valence-electron chi connectivity index (χ2n) is 7.28. The number of nitrogens with one attached hydrogen (secondary N) is 1. The lowest BCUT2D eigenvalue weighted by molar-refractivity contribution is 0.0734. The average Bonchev–Trinajstić information content (AvgIpc) is 2.80. The van der Waals surface area contributed by atoms with Gasteiger partial charge in [0.25, 0.3) is 5.91 Å². The van der Waals surface area contributed by atoms with Crippen molar-refractivity contribution < 1.29 is 14.3 Å². The highest BCUT2D eigenvalue weighted by Crippen LogP contribution is 2.28. The Morgan fingerprint density at radius 1 is 0.939 bits per heavy atom. The maximum absolute atomic E-state index is 12.7. The lowest BCUT2D eigenvalue weighted by Gasteiger charge is -2.11. The Kier molecular flexibility index (Phi) is 6.73. The molecule has 0 spiro atoms. The maximum Gasteiger partial charge on any atom is 0.343 e. The first-order valence-corrected chi connectivity index (χ1v) is 10.8. The summed E-state index contributed by atoms with van der Waals surface area (Å²) in [5, 5.41) is 6.47. The highest BCUT2D eigenvalue weighted by atomic mass is 35.5. The van der Waals surface area contributed by atoms with Crippen molar-refractivity contribution in [1.29, 1.82) is 0 Å². The number of carbonyl (C=O) groups is 2. The molecule has 0 saturated carbocycles. The van der Waals surface area contributed by atoms with Crippen molar-refractivity contribution in [2.75, 3.05) is 0 Å². The predicted octanol–water partition coefficient (Wildman–Crippen LogP) is 6.44. The first-order valence-electron chi connectivity index (χ1n) is 10.0. The third-order valence-corrected chi connectivity index (χ3v) is 5.47. The Morgan fingerprint density at radius 2 is 1.76 bits per heavy atom. The molecule has 4 aromatic carbocycles. The van der Waals surface area contributed by atoms with Crippen LogP contribution in [0.15, 0.2) is 84.0 Å². The summed E-state index contributed by atoms with van der Waals surface area (Å²) in [5.41, 5.74) is 4.64. The van der Waals surface area contributed by atoms with E-state index in [1.165, 1.54) is 18.3 Å². The molecule has 0 aromatic heterocycles. The van der Waals surface area contributed by atoms with Crippen LogP contribution in [-0.4, -0.2) is 18.1 Å². The molecule has 164 valence electrons. The van der Waals surface area contributed by atoms with E-state index in [0.717, 1.165) is 16.3 Å². The van der Waals surface area contributed by atoms with Gasteiger partial charge in [-0.05, 0) is 54.1 Å². The summed E-state index contributed by atoms with van der Waals surface area (Å²) in [6, 6.07) is 22.9. The van der Waals surface area contributed by atoms with Crippen LogP contribution in [0, 0.1) is 6.92 Å². The molecule has 1 amide bonds. The minimum Gasteiger partial charge on any atom is -0.422 e. The number of benzene rings is 4. The van der Waals surface area contributed by atoms with Gasteiger partial charge in [-0.2, -0.15) is 5.10 Å². The summed E-state index contributed by atoms with van der Waals surface area (Å²) in [7, 11) is 0. The van der Waals surface area contributed by atoms with Crippen LogP contribution in [0.5, 0.6) is 5.75 Å². The molecule has 7 heteroatoms. The molecule has 0 atom stereocenters. The van der Waals surface area contributed by atoms with Gasteiger partial charge in [-0.25, -0.2) is 10.2 Å². The van der Waals surface area contributed by atoms with Crippen LogP contribution in [0.4, 0.5) is 0 Å². The molecule has 33 heavy (non-hydrogen) atoms. The number of amides is 1. The summed E-state index contributed by atoms with van der Waals surface area (Å²) < 4.78 is 5.69. The number of halogens is 2. The summed E-state index contributed by atoms with van der Waals surface area (Å²) in [5.74, 6) is -0.658. The van der Waals surface area contributed by atoms with Crippen molar-refractivity contribution in [3.05, 3.63) is 111 Å². The Labute approximate surface area is 200 Å². The number of ether oxygens (including phenoxy) is 1. The van der Waals surface area contributed by atoms with Crippen LogP contribution >= 0.6 is 23.2 Å². The Balaban J connectivity index is 1.63. The molecule has 0 unspecified atom stereocenters. The zero-order chi connectivity index (χ0) is 23.4. The van der Waals surface area contributed by atoms with Crippen molar-refractivity contribution in [3.8, 4) is 5.75 Å². The van der Waals surface area contributed by atoms with Crippen molar-refractivity contribution in [2.45, 2.75) is 6.92 Å². The van der Waals surface area contributed by atoms with Crippen LogP contribution in [0.2, 0.25) is 10.0 Å². The molecule has 0 bridgehead atoms. The Hall–Kier alpha value is -3.67. The molecule has 1 N–H and O–H groups in total. The number of hydrogen-bond donors (Lipinski definition) is 1. The molecule has 0 fully saturated rings. The summed E-state index contributed by atoms with van der Waals surface area (Å²) in [4.78, 5) is 25.2. The van der Waals surface area contributed by atoms with E-state index in [2.05, 4.69) is 10.5 Å². The van der Waals surface area contributed by atoms with Crippen molar-refractivity contribution >= 4 is 52.1 Å². The van der Waals surface area contributed by atoms with E-state index in [4.69, 9.17) is 27.9 Å². The monoisotopic (exact) mass is 476 g/mol. The Bertz CT molecular complexity index is 1400. The van der Waals surface area contributed by atoms with E-state index < -0.39 is 11.9 Å². The number of esters is 1. The van der Waals surface area contributed by atoms with Gasteiger partial charge in [-0.15, -0.1) is 0 Å². The van der Waals surface area contributed by atoms with E-state index in [-0.39, 0.29) is 10.6 Å². The number of aryl methyl sites for hydroxylation is 1. The third kappa shape index (κ3) is 5.22. The zero-order valence-corrected chi connectivity index (χ0v) is 19.0. The number of carbonyl (C=O) groups excluding carboxylic acids is 2. The topological polar surface area (TPSA) is 67.8 Å². The van der Waals surface area contributed by atoms with E-state index in [0.29, 0.717) is 21.9 Å². The van der Waals surface area contributed by atoms with Crippen LogP contribution in [0.25, 0.3) is 10.8 Å². The van der Waals surface area contributed by atoms with E-state index in [9.17, 15) is 9.59 Å². The number of fused-ring (bicyclic) bond motifs is 1. The molecular weight excluding hydrogens is 459 g/mol. The van der Waals surface area contributed by atoms with E-state index in [1.54, 1.807) is 30.3 Å². The minimum absolute atomic E-state index is 0.216. The van der Waals surface area contributed by atoms with Crippen LogP contribution in [0.1, 0.15) is 31.8 Å². The summed E-state index contributed by atoms with van der Waals surface area (Å²) in [6.45, 7) is 1.90. The van der Waals surface area contributed by atoms with Gasteiger partial charge in [-0.3, -0.25) is 4.79 Å². The van der Waals surface area contributed by atoms with Gasteiger partial charge in [0, 0.05) is 10.6 Å². The lowest BCUT2D eigenvalue weighted by atomic mass is 10.0. The molecule has 0 radical (unpaired) electrons. The molecule has 4 aromatic rings. The van der Waals surface area contributed by atoms with E-state index >= 15 is 0 Å². The zero-order valence-electron chi connectivity index (χ0n) is 17.5. The normalized spacial score (nSPS) is 11.0.